The van der Waals surface area contributed by atoms with Crippen LogP contribution in [-0.2, 0) is 5.41 Å². The molecule has 0 aliphatic carbocycles. The van der Waals surface area contributed by atoms with E-state index in [1.54, 1.807) is 0 Å². The van der Waals surface area contributed by atoms with E-state index in [1.807, 2.05) is 0 Å². The van der Waals surface area contributed by atoms with Gasteiger partial charge < -0.3 is 10.2 Å². The minimum Gasteiger partial charge on any atom is -0.372 e. The highest BCUT2D eigenvalue weighted by atomic mass is 15.2. The fourth-order valence-corrected chi connectivity index (χ4v) is 2.92. The summed E-state index contributed by atoms with van der Waals surface area (Å²) < 4.78 is 0. The first-order chi connectivity index (χ1) is 11.5. The molecule has 3 rings (SSSR count). The summed E-state index contributed by atoms with van der Waals surface area (Å²) in [6.45, 7) is 9.46. The van der Waals surface area contributed by atoms with Crippen LogP contribution in [0.4, 0.5) is 11.4 Å². The molecule has 0 amide bonds. The van der Waals surface area contributed by atoms with Crippen LogP contribution in [0.3, 0.4) is 0 Å². The molecule has 2 aromatic carbocycles. The molecule has 0 fully saturated rings. The first-order valence-electron chi connectivity index (χ1n) is 8.74. The normalized spacial score (nSPS) is 14.7. The highest BCUT2D eigenvalue weighted by Crippen LogP contribution is 2.29. The summed E-state index contributed by atoms with van der Waals surface area (Å²) in [7, 11) is 0. The van der Waals surface area contributed by atoms with Gasteiger partial charge in [-0.05, 0) is 41.7 Å². The molecule has 1 N–H and O–H groups in total. The van der Waals surface area contributed by atoms with Crippen molar-refractivity contribution >= 4 is 17.2 Å². The van der Waals surface area contributed by atoms with Crippen molar-refractivity contribution in [1.29, 1.82) is 0 Å². The van der Waals surface area contributed by atoms with E-state index in [9.17, 15) is 0 Å². The monoisotopic (exact) mass is 321 g/mol. The maximum atomic E-state index is 4.64. The average Bonchev–Trinajstić information content (AvgIpc) is 2.61. The van der Waals surface area contributed by atoms with Crippen LogP contribution in [0.2, 0.25) is 0 Å². The van der Waals surface area contributed by atoms with Gasteiger partial charge >= 0.3 is 0 Å². The summed E-state index contributed by atoms with van der Waals surface area (Å²) in [6, 6.07) is 19.4. The van der Waals surface area contributed by atoms with E-state index in [4.69, 9.17) is 0 Å². The molecular formula is C21H27N3. The summed E-state index contributed by atoms with van der Waals surface area (Å²) >= 11 is 0. The van der Waals surface area contributed by atoms with Crippen molar-refractivity contribution < 1.29 is 0 Å². The van der Waals surface area contributed by atoms with Crippen LogP contribution in [0.1, 0.15) is 32.8 Å². The Morgan fingerprint density at radius 1 is 0.958 bits per heavy atom. The molecule has 1 heterocycles. The van der Waals surface area contributed by atoms with Crippen molar-refractivity contribution in [2.75, 3.05) is 24.5 Å². The van der Waals surface area contributed by atoms with E-state index >= 15 is 0 Å². The van der Waals surface area contributed by atoms with Crippen LogP contribution in [0, 0.1) is 0 Å². The SMILES string of the molecule is CC(C)(C)c1ccc(N(CC2=NCCCN2)c2ccccc2)cc1. The van der Waals surface area contributed by atoms with Gasteiger partial charge in [-0.3, -0.25) is 4.99 Å². The molecule has 0 bridgehead atoms. The van der Waals surface area contributed by atoms with Gasteiger partial charge in [0.15, 0.2) is 0 Å². The van der Waals surface area contributed by atoms with Crippen LogP contribution < -0.4 is 10.2 Å². The van der Waals surface area contributed by atoms with Crippen molar-refractivity contribution in [3.05, 3.63) is 60.2 Å². The van der Waals surface area contributed by atoms with Crippen molar-refractivity contribution in [2.45, 2.75) is 32.6 Å². The van der Waals surface area contributed by atoms with E-state index in [2.05, 4.69) is 90.6 Å². The van der Waals surface area contributed by atoms with Gasteiger partial charge in [0, 0.05) is 24.5 Å². The number of hydrogen-bond acceptors (Lipinski definition) is 3. The zero-order valence-electron chi connectivity index (χ0n) is 14.9. The molecule has 1 aliphatic rings. The Labute approximate surface area is 145 Å². The van der Waals surface area contributed by atoms with Crippen molar-refractivity contribution in [3.8, 4) is 0 Å². The summed E-state index contributed by atoms with van der Waals surface area (Å²) in [6.07, 6.45) is 1.12. The molecule has 2 aromatic rings. The Kier molecular flexibility index (Phi) is 4.89. The summed E-state index contributed by atoms with van der Waals surface area (Å²) in [5.74, 6) is 1.07. The van der Waals surface area contributed by atoms with Crippen LogP contribution in [0.25, 0.3) is 0 Å². The standard InChI is InChI=1S/C21H27N3/c1-21(2,3)17-10-12-19(13-11-17)24(18-8-5-4-6-9-18)16-20-22-14-7-15-23-20/h4-6,8-13H,7,14-16H2,1-3H3,(H,22,23). The van der Waals surface area contributed by atoms with E-state index in [-0.39, 0.29) is 5.41 Å². The third kappa shape index (κ3) is 3.97. The second kappa shape index (κ2) is 7.08. The van der Waals surface area contributed by atoms with Gasteiger partial charge in [-0.1, -0.05) is 51.1 Å². The number of anilines is 2. The van der Waals surface area contributed by atoms with Gasteiger partial charge in [-0.25, -0.2) is 0 Å². The number of nitrogens with zero attached hydrogens (tertiary/aromatic N) is 2. The van der Waals surface area contributed by atoms with Crippen LogP contribution >= 0.6 is 0 Å². The van der Waals surface area contributed by atoms with Gasteiger partial charge in [-0.15, -0.1) is 0 Å². The molecule has 0 saturated carbocycles. The Hall–Kier alpha value is -2.29. The molecule has 0 spiro atoms. The van der Waals surface area contributed by atoms with Crippen molar-refractivity contribution in [1.82, 2.24) is 5.32 Å². The molecule has 3 nitrogen and oxygen atoms in total. The highest BCUT2D eigenvalue weighted by Gasteiger charge is 2.16. The van der Waals surface area contributed by atoms with Crippen molar-refractivity contribution in [3.63, 3.8) is 0 Å². The molecule has 126 valence electrons. The van der Waals surface area contributed by atoms with E-state index in [1.165, 1.54) is 16.9 Å². The van der Waals surface area contributed by atoms with E-state index in [0.717, 1.165) is 31.9 Å². The molecule has 0 radical (unpaired) electrons. The fraction of sp³-hybridized carbons (Fsp3) is 0.381. The lowest BCUT2D eigenvalue weighted by Gasteiger charge is -2.28. The number of amidine groups is 1. The van der Waals surface area contributed by atoms with Crippen LogP contribution in [-0.4, -0.2) is 25.5 Å². The van der Waals surface area contributed by atoms with Crippen molar-refractivity contribution in [2.24, 2.45) is 4.99 Å². The zero-order chi connectivity index (χ0) is 17.0. The lowest BCUT2D eigenvalue weighted by molar-refractivity contribution is 0.590. The third-order valence-corrected chi connectivity index (χ3v) is 4.39. The van der Waals surface area contributed by atoms with E-state index < -0.39 is 0 Å². The quantitative estimate of drug-likeness (QED) is 0.897. The fourth-order valence-electron chi connectivity index (χ4n) is 2.92. The summed E-state index contributed by atoms with van der Waals surface area (Å²) in [5.41, 5.74) is 3.92. The number of aliphatic imine (C=N–C) groups is 1. The number of para-hydroxylation sites is 1. The van der Waals surface area contributed by atoms with Crippen LogP contribution in [0.15, 0.2) is 59.6 Å². The van der Waals surface area contributed by atoms with Gasteiger partial charge in [0.05, 0.1) is 6.54 Å². The minimum absolute atomic E-state index is 0.172. The maximum absolute atomic E-state index is 4.64. The molecule has 1 aliphatic heterocycles. The topological polar surface area (TPSA) is 27.6 Å². The largest absolute Gasteiger partial charge is 0.372 e. The molecule has 3 heteroatoms. The summed E-state index contributed by atoms with van der Waals surface area (Å²) in [5, 5.41) is 3.43. The second-order valence-electron chi connectivity index (χ2n) is 7.33. The lowest BCUT2D eigenvalue weighted by Crippen LogP contribution is -2.38. The minimum atomic E-state index is 0.172. The van der Waals surface area contributed by atoms with Crippen LogP contribution in [0.5, 0.6) is 0 Å². The van der Waals surface area contributed by atoms with Gasteiger partial charge in [0.25, 0.3) is 0 Å². The predicted molar refractivity (Wildman–Crippen MR) is 104 cm³/mol. The maximum Gasteiger partial charge on any atom is 0.116 e. The number of rotatable bonds is 4. The number of hydrogen-bond donors (Lipinski definition) is 1. The molecular weight excluding hydrogens is 294 g/mol. The Morgan fingerprint density at radius 2 is 1.62 bits per heavy atom. The predicted octanol–water partition coefficient (Wildman–Crippen LogP) is 4.51. The van der Waals surface area contributed by atoms with Gasteiger partial charge in [0.2, 0.25) is 0 Å². The first kappa shape index (κ1) is 16.6. The van der Waals surface area contributed by atoms with Gasteiger partial charge in [0.1, 0.15) is 5.84 Å². The Morgan fingerprint density at radius 3 is 2.21 bits per heavy atom. The first-order valence-corrected chi connectivity index (χ1v) is 8.74. The molecule has 0 saturated heterocycles. The molecule has 0 unspecified atom stereocenters. The highest BCUT2D eigenvalue weighted by molar-refractivity contribution is 5.89. The summed E-state index contributed by atoms with van der Waals surface area (Å²) in [4.78, 5) is 6.96. The Balaban J connectivity index is 1.90. The number of benzene rings is 2. The second-order valence-corrected chi connectivity index (χ2v) is 7.33. The van der Waals surface area contributed by atoms with Gasteiger partial charge in [-0.2, -0.15) is 0 Å². The smallest absolute Gasteiger partial charge is 0.116 e. The third-order valence-electron chi connectivity index (χ3n) is 4.39. The molecule has 24 heavy (non-hydrogen) atoms. The average molecular weight is 321 g/mol. The van der Waals surface area contributed by atoms with E-state index in [0.29, 0.717) is 0 Å². The number of nitrogens with one attached hydrogen (secondary N) is 1. The Bertz CT molecular complexity index is 681. The molecule has 0 atom stereocenters. The lowest BCUT2D eigenvalue weighted by atomic mass is 9.87. The zero-order valence-corrected chi connectivity index (χ0v) is 14.9. The molecule has 0 aromatic heterocycles.